The number of furan rings is 1. The minimum atomic E-state index is -1.38. The maximum atomic E-state index is 13.2. The standard InChI is InChI=1S/C25H23N5O6/c1-35-15-3-2-14-11-30(23(33)16(14)8-15)13-25(10-21(31)28-24(25)34)19-9-17-18(36-19)4-5-20(27-17)29-7-6-26-22(32)12-29/h2-5,8-9H,6-7,10-13H2,1H3,(H,26,32)(H,28,31,34)/t25-/m1/s1. The summed E-state index contributed by atoms with van der Waals surface area (Å²) >= 11 is 0. The van der Waals surface area contributed by atoms with Crippen LogP contribution in [0.1, 0.15) is 28.1 Å². The van der Waals surface area contributed by atoms with Crippen LogP contribution in [0.5, 0.6) is 5.75 Å². The smallest absolute Gasteiger partial charge is 0.254 e. The van der Waals surface area contributed by atoms with Gasteiger partial charge in [0.2, 0.25) is 17.7 Å². The largest absolute Gasteiger partial charge is 0.497 e. The Morgan fingerprint density at radius 2 is 1.94 bits per heavy atom. The van der Waals surface area contributed by atoms with E-state index >= 15 is 0 Å². The molecule has 4 amide bonds. The van der Waals surface area contributed by atoms with Gasteiger partial charge < -0.3 is 24.3 Å². The molecule has 36 heavy (non-hydrogen) atoms. The van der Waals surface area contributed by atoms with E-state index in [9.17, 15) is 19.2 Å². The second-order valence-corrected chi connectivity index (χ2v) is 9.26. The van der Waals surface area contributed by atoms with Crippen LogP contribution in [0.3, 0.4) is 0 Å². The third-order valence-corrected chi connectivity index (χ3v) is 7.00. The Balaban J connectivity index is 1.35. The number of nitrogens with one attached hydrogen (secondary N) is 2. The van der Waals surface area contributed by atoms with Gasteiger partial charge in [0.1, 0.15) is 28.3 Å². The van der Waals surface area contributed by atoms with Gasteiger partial charge in [-0.15, -0.1) is 0 Å². The molecule has 6 rings (SSSR count). The quantitative estimate of drug-likeness (QED) is 0.501. The fraction of sp³-hybridized carbons (Fsp3) is 0.320. The summed E-state index contributed by atoms with van der Waals surface area (Å²) in [6.07, 6.45) is -0.145. The summed E-state index contributed by atoms with van der Waals surface area (Å²) in [5.41, 5.74) is 0.895. The molecule has 0 bridgehead atoms. The summed E-state index contributed by atoms with van der Waals surface area (Å²) < 4.78 is 11.3. The molecule has 3 aliphatic heterocycles. The fourth-order valence-corrected chi connectivity index (χ4v) is 5.13. The molecule has 3 aromatic rings. The number of carbonyl (C=O) groups excluding carboxylic acids is 4. The third-order valence-electron chi connectivity index (χ3n) is 7.00. The number of anilines is 1. The van der Waals surface area contributed by atoms with Crippen LogP contribution < -0.4 is 20.3 Å². The van der Waals surface area contributed by atoms with E-state index in [1.807, 2.05) is 11.0 Å². The lowest BCUT2D eigenvalue weighted by molar-refractivity contribution is -0.127. The van der Waals surface area contributed by atoms with Gasteiger partial charge in [0.05, 0.1) is 20.1 Å². The highest BCUT2D eigenvalue weighted by Gasteiger charge is 2.53. The van der Waals surface area contributed by atoms with Crippen molar-refractivity contribution in [1.29, 1.82) is 0 Å². The SMILES string of the molecule is COc1ccc2c(c1)C(=O)N(C[C@@]1(c3cc4nc(N5CCNC(=O)C5)ccc4o3)CC(=O)NC1=O)C2. The summed E-state index contributed by atoms with van der Waals surface area (Å²) in [6, 6.07) is 10.4. The molecule has 0 unspecified atom stereocenters. The highest BCUT2D eigenvalue weighted by molar-refractivity contribution is 6.10. The first-order chi connectivity index (χ1) is 17.4. The normalized spacial score (nSPS) is 21.7. The molecule has 1 aromatic carbocycles. The lowest BCUT2D eigenvalue weighted by atomic mass is 9.82. The number of ether oxygens (including phenoxy) is 1. The number of methoxy groups -OCH3 is 1. The zero-order chi connectivity index (χ0) is 25.0. The van der Waals surface area contributed by atoms with E-state index in [0.29, 0.717) is 47.9 Å². The number of imide groups is 1. The van der Waals surface area contributed by atoms with Gasteiger partial charge in [-0.3, -0.25) is 24.5 Å². The molecule has 0 aliphatic carbocycles. The zero-order valence-electron chi connectivity index (χ0n) is 19.5. The molecule has 1 atom stereocenters. The predicted molar refractivity (Wildman–Crippen MR) is 126 cm³/mol. The van der Waals surface area contributed by atoms with Gasteiger partial charge in [-0.1, -0.05) is 6.07 Å². The van der Waals surface area contributed by atoms with Crippen LogP contribution in [0.15, 0.2) is 40.8 Å². The first-order valence-electron chi connectivity index (χ1n) is 11.6. The summed E-state index contributed by atoms with van der Waals surface area (Å²) in [6.45, 7) is 1.63. The van der Waals surface area contributed by atoms with E-state index in [2.05, 4.69) is 15.6 Å². The van der Waals surface area contributed by atoms with Crippen LogP contribution in [0, 0.1) is 0 Å². The number of piperazine rings is 1. The van der Waals surface area contributed by atoms with Crippen LogP contribution in [0.4, 0.5) is 5.82 Å². The number of hydrogen-bond donors (Lipinski definition) is 2. The molecule has 0 radical (unpaired) electrons. The molecular weight excluding hydrogens is 466 g/mol. The Morgan fingerprint density at radius 3 is 2.69 bits per heavy atom. The summed E-state index contributed by atoms with van der Waals surface area (Å²) in [5, 5.41) is 5.16. The predicted octanol–water partition coefficient (Wildman–Crippen LogP) is 0.713. The highest BCUT2D eigenvalue weighted by atomic mass is 16.5. The fourth-order valence-electron chi connectivity index (χ4n) is 5.13. The van der Waals surface area contributed by atoms with E-state index in [1.54, 1.807) is 35.2 Å². The van der Waals surface area contributed by atoms with Crippen molar-refractivity contribution in [3.63, 3.8) is 0 Å². The molecule has 184 valence electrons. The highest BCUT2D eigenvalue weighted by Crippen LogP contribution is 2.39. The summed E-state index contributed by atoms with van der Waals surface area (Å²) in [5.74, 6) is 0.186. The minimum absolute atomic E-state index is 0.0284. The molecule has 0 saturated carbocycles. The van der Waals surface area contributed by atoms with Crippen LogP contribution in [-0.2, 0) is 26.3 Å². The van der Waals surface area contributed by atoms with E-state index in [-0.39, 0.29) is 37.1 Å². The molecule has 2 saturated heterocycles. The first-order valence-corrected chi connectivity index (χ1v) is 11.6. The van der Waals surface area contributed by atoms with Crippen molar-refractivity contribution < 1.29 is 28.3 Å². The van der Waals surface area contributed by atoms with E-state index in [1.165, 1.54) is 7.11 Å². The summed E-state index contributed by atoms with van der Waals surface area (Å²) in [4.78, 5) is 58.6. The van der Waals surface area contributed by atoms with Gasteiger partial charge in [-0.25, -0.2) is 4.98 Å². The Labute approximate surface area is 205 Å². The molecular formula is C25H23N5O6. The number of carbonyl (C=O) groups is 4. The van der Waals surface area contributed by atoms with Gasteiger partial charge in [0.25, 0.3) is 5.91 Å². The second-order valence-electron chi connectivity index (χ2n) is 9.26. The van der Waals surface area contributed by atoms with Gasteiger partial charge >= 0.3 is 0 Å². The van der Waals surface area contributed by atoms with E-state index in [4.69, 9.17) is 9.15 Å². The van der Waals surface area contributed by atoms with Gasteiger partial charge in [0, 0.05) is 37.8 Å². The number of rotatable bonds is 5. The molecule has 11 heteroatoms. The number of nitrogens with zero attached hydrogens (tertiary/aromatic N) is 3. The lowest BCUT2D eigenvalue weighted by Crippen LogP contribution is -2.48. The molecule has 3 aliphatic rings. The van der Waals surface area contributed by atoms with Crippen molar-refractivity contribution in [3.05, 3.63) is 53.3 Å². The number of fused-ring (bicyclic) bond motifs is 2. The maximum Gasteiger partial charge on any atom is 0.254 e. The average molecular weight is 489 g/mol. The van der Waals surface area contributed by atoms with Crippen molar-refractivity contribution in [3.8, 4) is 5.75 Å². The number of hydrogen-bond acceptors (Lipinski definition) is 8. The Bertz CT molecular complexity index is 1450. The van der Waals surface area contributed by atoms with Crippen molar-refractivity contribution in [2.75, 3.05) is 38.2 Å². The molecule has 2 N–H and O–H groups in total. The minimum Gasteiger partial charge on any atom is -0.497 e. The topological polar surface area (TPSA) is 134 Å². The van der Waals surface area contributed by atoms with Crippen molar-refractivity contribution in [2.45, 2.75) is 18.4 Å². The van der Waals surface area contributed by atoms with Crippen LogP contribution in [-0.4, -0.2) is 66.8 Å². The lowest BCUT2D eigenvalue weighted by Gasteiger charge is -2.28. The molecule has 11 nitrogen and oxygen atoms in total. The maximum absolute atomic E-state index is 13.2. The monoisotopic (exact) mass is 489 g/mol. The molecule has 0 spiro atoms. The summed E-state index contributed by atoms with van der Waals surface area (Å²) in [7, 11) is 1.53. The Hall–Kier alpha value is -4.41. The second kappa shape index (κ2) is 8.08. The zero-order valence-corrected chi connectivity index (χ0v) is 19.5. The number of pyridine rings is 1. The third kappa shape index (κ3) is 3.46. The number of aromatic nitrogens is 1. The van der Waals surface area contributed by atoms with E-state index in [0.717, 1.165) is 5.56 Å². The molecule has 5 heterocycles. The van der Waals surface area contributed by atoms with Crippen molar-refractivity contribution in [1.82, 2.24) is 20.5 Å². The Kier molecular flexibility index (Phi) is 4.95. The van der Waals surface area contributed by atoms with Gasteiger partial charge in [-0.2, -0.15) is 0 Å². The van der Waals surface area contributed by atoms with Gasteiger partial charge in [-0.05, 0) is 29.8 Å². The number of amides is 4. The molecule has 2 aromatic heterocycles. The van der Waals surface area contributed by atoms with Crippen molar-refractivity contribution in [2.24, 2.45) is 0 Å². The Morgan fingerprint density at radius 1 is 1.08 bits per heavy atom. The van der Waals surface area contributed by atoms with Gasteiger partial charge in [0.15, 0.2) is 5.58 Å². The average Bonchev–Trinajstić information content (AvgIpc) is 3.52. The molecule has 2 fully saturated rings. The first kappa shape index (κ1) is 22.1. The van der Waals surface area contributed by atoms with Crippen LogP contribution >= 0.6 is 0 Å². The number of benzene rings is 1. The van der Waals surface area contributed by atoms with E-state index < -0.39 is 17.2 Å². The van der Waals surface area contributed by atoms with Crippen molar-refractivity contribution >= 4 is 40.5 Å². The van der Waals surface area contributed by atoms with Crippen LogP contribution in [0.2, 0.25) is 0 Å². The van der Waals surface area contributed by atoms with Crippen LogP contribution in [0.25, 0.3) is 11.1 Å².